The van der Waals surface area contributed by atoms with Gasteiger partial charge in [-0.2, -0.15) is 0 Å². The highest BCUT2D eigenvalue weighted by Gasteiger charge is 2.42. The molecule has 1 rings (SSSR count). The average Bonchev–Trinajstić information content (AvgIpc) is 2.10. The Balaban J connectivity index is 2.53. The molecule has 4 heteroatoms. The molecule has 1 aliphatic heterocycles. The van der Waals surface area contributed by atoms with E-state index >= 15 is 0 Å². The third-order valence-electron chi connectivity index (χ3n) is 3.48. The summed E-state index contributed by atoms with van der Waals surface area (Å²) in [7, 11) is 2.04. The van der Waals surface area contributed by atoms with Gasteiger partial charge in [0.05, 0.1) is 12.0 Å². The average molecular weight is 214 g/mol. The molecular formula is C11H22N2O2. The standard InChI is InChI=1S/C11H22N2O2/c1-4-9(2)6-13(3)11(5-10(14)15)7-12-8-11/h9,12H,4-8H2,1-3H3,(H,14,15). The van der Waals surface area contributed by atoms with E-state index in [2.05, 4.69) is 24.1 Å². The van der Waals surface area contributed by atoms with Crippen molar-refractivity contribution in [2.24, 2.45) is 5.92 Å². The van der Waals surface area contributed by atoms with Crippen LogP contribution < -0.4 is 5.32 Å². The SMILES string of the molecule is CCC(C)CN(C)C1(CC(=O)O)CNC1. The summed E-state index contributed by atoms with van der Waals surface area (Å²) in [5, 5.41) is 12.1. The van der Waals surface area contributed by atoms with Gasteiger partial charge in [-0.3, -0.25) is 9.69 Å². The van der Waals surface area contributed by atoms with Crippen LogP contribution in [0.2, 0.25) is 0 Å². The topological polar surface area (TPSA) is 52.6 Å². The lowest BCUT2D eigenvalue weighted by Crippen LogP contribution is -2.69. The van der Waals surface area contributed by atoms with Crippen molar-refractivity contribution < 1.29 is 9.90 Å². The minimum absolute atomic E-state index is 0.144. The van der Waals surface area contributed by atoms with Crippen molar-refractivity contribution in [2.45, 2.75) is 32.2 Å². The molecule has 1 heterocycles. The second-order valence-electron chi connectivity index (χ2n) is 4.79. The molecule has 0 aromatic heterocycles. The van der Waals surface area contributed by atoms with Gasteiger partial charge in [-0.05, 0) is 13.0 Å². The van der Waals surface area contributed by atoms with Crippen molar-refractivity contribution in [3.8, 4) is 0 Å². The normalized spacial score (nSPS) is 21.1. The van der Waals surface area contributed by atoms with Crippen LogP contribution in [-0.2, 0) is 4.79 Å². The molecule has 0 aromatic carbocycles. The van der Waals surface area contributed by atoms with Crippen LogP contribution in [0.4, 0.5) is 0 Å². The second kappa shape index (κ2) is 4.94. The Kier molecular flexibility index (Phi) is 4.11. The van der Waals surface area contributed by atoms with Crippen LogP contribution in [0.25, 0.3) is 0 Å². The van der Waals surface area contributed by atoms with Gasteiger partial charge >= 0.3 is 5.97 Å². The fraction of sp³-hybridized carbons (Fsp3) is 0.909. The van der Waals surface area contributed by atoms with Gasteiger partial charge in [0.1, 0.15) is 0 Å². The molecule has 4 nitrogen and oxygen atoms in total. The monoisotopic (exact) mass is 214 g/mol. The van der Waals surface area contributed by atoms with E-state index in [9.17, 15) is 4.79 Å². The van der Waals surface area contributed by atoms with E-state index in [1.807, 2.05) is 7.05 Å². The van der Waals surface area contributed by atoms with Gasteiger partial charge in [0, 0.05) is 19.6 Å². The van der Waals surface area contributed by atoms with E-state index < -0.39 is 5.97 Å². The lowest BCUT2D eigenvalue weighted by atomic mass is 9.86. The molecular weight excluding hydrogens is 192 g/mol. The predicted molar refractivity (Wildman–Crippen MR) is 59.9 cm³/mol. The summed E-state index contributed by atoms with van der Waals surface area (Å²) in [5.74, 6) is -0.0752. The highest BCUT2D eigenvalue weighted by atomic mass is 16.4. The molecule has 1 unspecified atom stereocenters. The smallest absolute Gasteiger partial charge is 0.305 e. The molecule has 1 fully saturated rings. The summed E-state index contributed by atoms with van der Waals surface area (Å²) in [6.07, 6.45) is 1.38. The molecule has 0 bridgehead atoms. The van der Waals surface area contributed by atoms with E-state index in [0.717, 1.165) is 26.1 Å². The summed E-state index contributed by atoms with van der Waals surface area (Å²) in [4.78, 5) is 13.0. The van der Waals surface area contributed by atoms with E-state index in [1.165, 1.54) is 0 Å². The number of carbonyl (C=O) groups is 1. The fourth-order valence-corrected chi connectivity index (χ4v) is 2.02. The zero-order chi connectivity index (χ0) is 11.5. The molecule has 0 saturated carbocycles. The molecule has 15 heavy (non-hydrogen) atoms. The predicted octanol–water partition coefficient (Wildman–Crippen LogP) is 0.781. The van der Waals surface area contributed by atoms with Gasteiger partial charge in [0.25, 0.3) is 0 Å². The van der Waals surface area contributed by atoms with E-state index in [4.69, 9.17) is 5.11 Å². The fourth-order valence-electron chi connectivity index (χ4n) is 2.02. The second-order valence-corrected chi connectivity index (χ2v) is 4.79. The first-order valence-corrected chi connectivity index (χ1v) is 5.64. The molecule has 2 N–H and O–H groups in total. The first-order chi connectivity index (χ1) is 7.00. The van der Waals surface area contributed by atoms with Crippen LogP contribution in [0.15, 0.2) is 0 Å². The number of hydrogen-bond donors (Lipinski definition) is 2. The molecule has 0 spiro atoms. The molecule has 0 amide bonds. The number of hydrogen-bond acceptors (Lipinski definition) is 3. The minimum Gasteiger partial charge on any atom is -0.481 e. The van der Waals surface area contributed by atoms with Gasteiger partial charge in [0.2, 0.25) is 0 Å². The van der Waals surface area contributed by atoms with Gasteiger partial charge in [-0.1, -0.05) is 20.3 Å². The minimum atomic E-state index is -0.701. The van der Waals surface area contributed by atoms with Crippen molar-refractivity contribution in [3.63, 3.8) is 0 Å². The molecule has 1 saturated heterocycles. The Morgan fingerprint density at radius 2 is 2.20 bits per heavy atom. The van der Waals surface area contributed by atoms with Crippen LogP contribution >= 0.6 is 0 Å². The molecule has 1 aliphatic rings. The number of nitrogens with zero attached hydrogens (tertiary/aromatic N) is 1. The van der Waals surface area contributed by atoms with E-state index in [-0.39, 0.29) is 12.0 Å². The highest BCUT2D eigenvalue weighted by molar-refractivity contribution is 5.68. The Hall–Kier alpha value is -0.610. The largest absolute Gasteiger partial charge is 0.481 e. The van der Waals surface area contributed by atoms with Crippen molar-refractivity contribution in [1.82, 2.24) is 10.2 Å². The molecule has 0 radical (unpaired) electrons. The van der Waals surface area contributed by atoms with Crippen LogP contribution in [-0.4, -0.2) is 48.2 Å². The molecule has 88 valence electrons. The Bertz CT molecular complexity index is 227. The number of carboxylic acids is 1. The van der Waals surface area contributed by atoms with Gasteiger partial charge in [0.15, 0.2) is 0 Å². The first kappa shape index (κ1) is 12.5. The van der Waals surface area contributed by atoms with Crippen LogP contribution in [0.3, 0.4) is 0 Å². The van der Waals surface area contributed by atoms with Crippen LogP contribution in [0.5, 0.6) is 0 Å². The van der Waals surface area contributed by atoms with Crippen LogP contribution in [0.1, 0.15) is 26.7 Å². The van der Waals surface area contributed by atoms with Gasteiger partial charge in [-0.25, -0.2) is 0 Å². The number of carboxylic acid groups (broad SMARTS) is 1. The van der Waals surface area contributed by atoms with Gasteiger partial charge < -0.3 is 10.4 Å². The summed E-state index contributed by atoms with van der Waals surface area (Å²) in [5.41, 5.74) is -0.144. The molecule has 0 aromatic rings. The van der Waals surface area contributed by atoms with Crippen molar-refractivity contribution in [1.29, 1.82) is 0 Å². The lowest BCUT2D eigenvalue weighted by molar-refractivity contribution is -0.141. The number of nitrogens with one attached hydrogen (secondary N) is 1. The Morgan fingerprint density at radius 1 is 1.60 bits per heavy atom. The third kappa shape index (κ3) is 2.92. The zero-order valence-electron chi connectivity index (χ0n) is 9.92. The molecule has 0 aliphatic carbocycles. The number of likely N-dealkylation sites (N-methyl/N-ethyl adjacent to an activating group) is 1. The number of rotatable bonds is 6. The summed E-state index contributed by atoms with van der Waals surface area (Å²) < 4.78 is 0. The van der Waals surface area contributed by atoms with Crippen LogP contribution in [0, 0.1) is 5.92 Å². The van der Waals surface area contributed by atoms with Crippen molar-refractivity contribution >= 4 is 5.97 Å². The van der Waals surface area contributed by atoms with E-state index in [0.29, 0.717) is 5.92 Å². The first-order valence-electron chi connectivity index (χ1n) is 5.64. The maximum Gasteiger partial charge on any atom is 0.305 e. The Labute approximate surface area is 91.6 Å². The maximum atomic E-state index is 10.8. The van der Waals surface area contributed by atoms with Gasteiger partial charge in [-0.15, -0.1) is 0 Å². The maximum absolute atomic E-state index is 10.8. The quantitative estimate of drug-likeness (QED) is 0.686. The summed E-state index contributed by atoms with van der Waals surface area (Å²) in [6, 6.07) is 0. The zero-order valence-corrected chi connectivity index (χ0v) is 9.92. The highest BCUT2D eigenvalue weighted by Crippen LogP contribution is 2.24. The lowest BCUT2D eigenvalue weighted by Gasteiger charge is -2.49. The van der Waals surface area contributed by atoms with Crippen molar-refractivity contribution in [3.05, 3.63) is 0 Å². The number of aliphatic carboxylic acids is 1. The summed E-state index contributed by atoms with van der Waals surface area (Å²) in [6.45, 7) is 6.95. The molecule has 1 atom stereocenters. The summed E-state index contributed by atoms with van der Waals surface area (Å²) >= 11 is 0. The van der Waals surface area contributed by atoms with Crippen molar-refractivity contribution in [2.75, 3.05) is 26.7 Å². The van der Waals surface area contributed by atoms with E-state index in [1.54, 1.807) is 0 Å². The third-order valence-corrected chi connectivity index (χ3v) is 3.48. The Morgan fingerprint density at radius 3 is 2.53 bits per heavy atom.